The Labute approximate surface area is 193 Å². The fourth-order valence-electron chi connectivity index (χ4n) is 2.95. The summed E-state index contributed by atoms with van der Waals surface area (Å²) in [6.07, 6.45) is 0.810. The second-order valence-corrected chi connectivity index (χ2v) is 9.85. The highest BCUT2D eigenvalue weighted by Crippen LogP contribution is 2.32. The molecule has 0 atom stereocenters. The number of hydrogen-bond donors (Lipinski definition) is 0. The maximum absolute atomic E-state index is 10.6. The van der Waals surface area contributed by atoms with Crippen LogP contribution in [-0.2, 0) is 20.3 Å². The molecule has 0 amide bonds. The van der Waals surface area contributed by atoms with Gasteiger partial charge in [0, 0.05) is 5.56 Å². The fourth-order valence-corrected chi connectivity index (χ4v) is 2.95. The molecule has 0 aliphatic heterocycles. The lowest BCUT2D eigenvalue weighted by molar-refractivity contribution is 0.0273. The molecule has 2 rings (SSSR count). The predicted octanol–water partition coefficient (Wildman–Crippen LogP) is 5.59. The molecule has 0 N–H and O–H groups in total. The smallest absolute Gasteiger partial charge is 0.150 e. The average Bonchev–Trinajstić information content (AvgIpc) is 2.74. The standard InChI is InChI=1S/C27H38O5/c1-26(2,3)22-17-23(27(4,5)6)19-25(18-22)32-16-14-30-12-11-29-13-15-31-24-9-7-21(20-28)8-10-24/h7-10,17-20H,11-16H2,1-6H3. The van der Waals surface area contributed by atoms with Gasteiger partial charge in [-0.2, -0.15) is 0 Å². The molecule has 0 bridgehead atoms. The fraction of sp³-hybridized carbons (Fsp3) is 0.519. The van der Waals surface area contributed by atoms with Gasteiger partial charge in [0.2, 0.25) is 0 Å². The molecule has 0 aliphatic rings. The van der Waals surface area contributed by atoms with Gasteiger partial charge in [0.15, 0.2) is 0 Å². The SMILES string of the molecule is CC(C)(C)c1cc(OCCOCCOCCOc2ccc(C=O)cc2)cc(C(C)(C)C)c1. The minimum Gasteiger partial charge on any atom is -0.491 e. The summed E-state index contributed by atoms with van der Waals surface area (Å²) in [5, 5.41) is 0. The van der Waals surface area contributed by atoms with E-state index in [-0.39, 0.29) is 10.8 Å². The van der Waals surface area contributed by atoms with Crippen LogP contribution in [0.3, 0.4) is 0 Å². The summed E-state index contributed by atoms with van der Waals surface area (Å²) in [7, 11) is 0. The van der Waals surface area contributed by atoms with Crippen molar-refractivity contribution in [1.82, 2.24) is 0 Å². The molecule has 2 aromatic rings. The lowest BCUT2D eigenvalue weighted by atomic mass is 9.80. The van der Waals surface area contributed by atoms with Crippen molar-refractivity contribution in [2.75, 3.05) is 39.6 Å². The minimum atomic E-state index is 0.0654. The largest absolute Gasteiger partial charge is 0.491 e. The van der Waals surface area contributed by atoms with Crippen LogP contribution in [0.2, 0.25) is 0 Å². The molecule has 0 fully saturated rings. The van der Waals surface area contributed by atoms with E-state index in [0.717, 1.165) is 17.8 Å². The zero-order chi connectivity index (χ0) is 23.6. The van der Waals surface area contributed by atoms with Crippen molar-refractivity contribution in [3.63, 3.8) is 0 Å². The maximum Gasteiger partial charge on any atom is 0.150 e. The van der Waals surface area contributed by atoms with E-state index in [4.69, 9.17) is 18.9 Å². The number of carbonyl (C=O) groups is 1. The summed E-state index contributed by atoms with van der Waals surface area (Å²) in [5.74, 6) is 1.61. The number of rotatable bonds is 12. The summed E-state index contributed by atoms with van der Waals surface area (Å²) >= 11 is 0. The highest BCUT2D eigenvalue weighted by molar-refractivity contribution is 5.74. The first-order chi connectivity index (χ1) is 15.1. The van der Waals surface area contributed by atoms with Crippen LogP contribution < -0.4 is 9.47 Å². The third-order valence-corrected chi connectivity index (χ3v) is 5.02. The molecule has 0 heterocycles. The topological polar surface area (TPSA) is 54.0 Å². The first-order valence-electron chi connectivity index (χ1n) is 11.2. The molecular weight excluding hydrogens is 404 g/mol. The molecule has 0 saturated heterocycles. The van der Waals surface area contributed by atoms with E-state index >= 15 is 0 Å². The molecule has 0 aromatic heterocycles. The van der Waals surface area contributed by atoms with E-state index in [1.165, 1.54) is 11.1 Å². The third-order valence-electron chi connectivity index (χ3n) is 5.02. The van der Waals surface area contributed by atoms with Gasteiger partial charge in [0.25, 0.3) is 0 Å². The quantitative estimate of drug-likeness (QED) is 0.317. The van der Waals surface area contributed by atoms with E-state index in [0.29, 0.717) is 45.2 Å². The number of carbonyl (C=O) groups excluding carboxylic acids is 1. The Morgan fingerprint density at radius 1 is 0.625 bits per heavy atom. The average molecular weight is 443 g/mol. The number of hydrogen-bond acceptors (Lipinski definition) is 5. The van der Waals surface area contributed by atoms with Crippen molar-refractivity contribution >= 4 is 6.29 Å². The van der Waals surface area contributed by atoms with Crippen LogP contribution in [0.25, 0.3) is 0 Å². The van der Waals surface area contributed by atoms with Gasteiger partial charge in [-0.3, -0.25) is 4.79 Å². The van der Waals surface area contributed by atoms with Gasteiger partial charge in [-0.1, -0.05) is 47.6 Å². The molecule has 0 saturated carbocycles. The van der Waals surface area contributed by atoms with Crippen molar-refractivity contribution in [3.8, 4) is 11.5 Å². The predicted molar refractivity (Wildman–Crippen MR) is 128 cm³/mol. The molecule has 2 aromatic carbocycles. The van der Waals surface area contributed by atoms with Crippen molar-refractivity contribution in [3.05, 3.63) is 59.2 Å². The van der Waals surface area contributed by atoms with Crippen molar-refractivity contribution in [2.24, 2.45) is 0 Å². The molecule has 0 unspecified atom stereocenters. The third kappa shape index (κ3) is 9.01. The normalized spacial score (nSPS) is 11.9. The zero-order valence-electron chi connectivity index (χ0n) is 20.4. The van der Waals surface area contributed by atoms with Crippen LogP contribution in [0.4, 0.5) is 0 Å². The van der Waals surface area contributed by atoms with Gasteiger partial charge < -0.3 is 18.9 Å². The Morgan fingerprint density at radius 2 is 1.06 bits per heavy atom. The van der Waals surface area contributed by atoms with Crippen molar-refractivity contribution < 1.29 is 23.7 Å². The van der Waals surface area contributed by atoms with Crippen molar-refractivity contribution in [2.45, 2.75) is 52.4 Å². The molecule has 0 aliphatic carbocycles. The van der Waals surface area contributed by atoms with E-state index in [2.05, 4.69) is 59.7 Å². The minimum absolute atomic E-state index is 0.0654. The molecule has 32 heavy (non-hydrogen) atoms. The van der Waals surface area contributed by atoms with Crippen LogP contribution in [0.1, 0.15) is 63.0 Å². The Bertz CT molecular complexity index is 796. The van der Waals surface area contributed by atoms with E-state index < -0.39 is 0 Å². The molecule has 5 heteroatoms. The molecule has 0 spiro atoms. The van der Waals surface area contributed by atoms with Crippen molar-refractivity contribution in [1.29, 1.82) is 0 Å². The maximum atomic E-state index is 10.6. The number of benzene rings is 2. The Hall–Kier alpha value is -2.37. The Kier molecular flexibility index (Phi) is 9.73. The highest BCUT2D eigenvalue weighted by atomic mass is 16.6. The second kappa shape index (κ2) is 12.0. The van der Waals surface area contributed by atoms with Gasteiger partial charge in [-0.15, -0.1) is 0 Å². The first kappa shape index (κ1) is 25.9. The van der Waals surface area contributed by atoms with Gasteiger partial charge in [0.05, 0.1) is 26.4 Å². The lowest BCUT2D eigenvalue weighted by Gasteiger charge is -2.26. The summed E-state index contributed by atoms with van der Waals surface area (Å²) in [4.78, 5) is 10.6. The van der Waals surface area contributed by atoms with Gasteiger partial charge >= 0.3 is 0 Å². The van der Waals surface area contributed by atoms with Gasteiger partial charge in [-0.25, -0.2) is 0 Å². The molecule has 0 radical (unpaired) electrons. The van der Waals surface area contributed by atoms with Crippen LogP contribution in [0, 0.1) is 0 Å². The number of aldehydes is 1. The molecule has 176 valence electrons. The van der Waals surface area contributed by atoms with Crippen LogP contribution >= 0.6 is 0 Å². The zero-order valence-corrected chi connectivity index (χ0v) is 20.4. The lowest BCUT2D eigenvalue weighted by Crippen LogP contribution is -2.17. The second-order valence-electron chi connectivity index (χ2n) is 9.85. The van der Waals surface area contributed by atoms with E-state index in [1.807, 2.05) is 0 Å². The number of ether oxygens (including phenoxy) is 4. The summed E-state index contributed by atoms with van der Waals surface area (Å²) in [5.41, 5.74) is 3.31. The van der Waals surface area contributed by atoms with E-state index in [9.17, 15) is 4.79 Å². The van der Waals surface area contributed by atoms with Gasteiger partial charge in [-0.05, 0) is 58.4 Å². The van der Waals surface area contributed by atoms with Crippen LogP contribution in [-0.4, -0.2) is 45.9 Å². The summed E-state index contributed by atoms with van der Waals surface area (Å²) < 4.78 is 22.7. The first-order valence-corrected chi connectivity index (χ1v) is 11.2. The summed E-state index contributed by atoms with van der Waals surface area (Å²) in [6.45, 7) is 16.2. The Balaban J connectivity index is 1.62. The summed E-state index contributed by atoms with van der Waals surface area (Å²) in [6, 6.07) is 13.5. The van der Waals surface area contributed by atoms with Crippen LogP contribution in [0.5, 0.6) is 11.5 Å². The highest BCUT2D eigenvalue weighted by Gasteiger charge is 2.20. The monoisotopic (exact) mass is 442 g/mol. The molecule has 5 nitrogen and oxygen atoms in total. The van der Waals surface area contributed by atoms with Gasteiger partial charge in [0.1, 0.15) is 31.0 Å². The molecular formula is C27H38O5. The van der Waals surface area contributed by atoms with E-state index in [1.54, 1.807) is 24.3 Å². The van der Waals surface area contributed by atoms with Crippen LogP contribution in [0.15, 0.2) is 42.5 Å². The Morgan fingerprint density at radius 3 is 1.50 bits per heavy atom.